The van der Waals surface area contributed by atoms with Crippen LogP contribution in [0.2, 0.25) is 0 Å². The quantitative estimate of drug-likeness (QED) is 0.805. The van der Waals surface area contributed by atoms with E-state index in [1.807, 2.05) is 36.4 Å². The molecule has 0 spiro atoms. The van der Waals surface area contributed by atoms with Gasteiger partial charge in [-0.25, -0.2) is 0 Å². The molecule has 0 bridgehead atoms. The summed E-state index contributed by atoms with van der Waals surface area (Å²) in [5.74, 6) is -0.314. The first-order valence-electron chi connectivity index (χ1n) is 7.84. The van der Waals surface area contributed by atoms with Crippen LogP contribution < -0.4 is 0 Å². The Hall–Kier alpha value is -2.60. The van der Waals surface area contributed by atoms with Gasteiger partial charge >= 0.3 is 5.97 Å². The van der Waals surface area contributed by atoms with Crippen molar-refractivity contribution in [1.82, 2.24) is 0 Å². The molecule has 3 heteroatoms. The van der Waals surface area contributed by atoms with E-state index >= 15 is 0 Å². The number of ether oxygens (including phenoxy) is 1. The molecule has 23 heavy (non-hydrogen) atoms. The van der Waals surface area contributed by atoms with Crippen molar-refractivity contribution in [3.8, 4) is 6.07 Å². The van der Waals surface area contributed by atoms with Gasteiger partial charge in [0.2, 0.25) is 0 Å². The molecule has 0 amide bonds. The maximum atomic E-state index is 11.8. The van der Waals surface area contributed by atoms with E-state index in [4.69, 9.17) is 4.74 Å². The summed E-state index contributed by atoms with van der Waals surface area (Å²) in [6, 6.07) is 20.8. The summed E-state index contributed by atoms with van der Waals surface area (Å²) in [5, 5.41) is 9.65. The van der Waals surface area contributed by atoms with Crippen LogP contribution in [0.5, 0.6) is 0 Å². The van der Waals surface area contributed by atoms with E-state index in [1.165, 1.54) is 18.2 Å². The van der Waals surface area contributed by atoms with E-state index in [2.05, 4.69) is 24.3 Å². The first kappa shape index (κ1) is 15.3. The Bertz CT molecular complexity index is 733. The van der Waals surface area contributed by atoms with Crippen LogP contribution in [-0.4, -0.2) is 13.1 Å². The highest BCUT2D eigenvalue weighted by Crippen LogP contribution is 2.46. The van der Waals surface area contributed by atoms with Crippen LogP contribution in [0, 0.1) is 17.2 Å². The van der Waals surface area contributed by atoms with E-state index in [0.717, 1.165) is 12.0 Å². The highest BCUT2D eigenvalue weighted by atomic mass is 16.5. The van der Waals surface area contributed by atoms with Gasteiger partial charge in [-0.1, -0.05) is 54.6 Å². The summed E-state index contributed by atoms with van der Waals surface area (Å²) in [5.41, 5.74) is 3.47. The normalized spacial score (nSPS) is 22.7. The average molecular weight is 305 g/mol. The van der Waals surface area contributed by atoms with Crippen molar-refractivity contribution in [3.05, 3.63) is 71.3 Å². The Morgan fingerprint density at radius 1 is 1.13 bits per heavy atom. The number of carbonyl (C=O) groups is 1. The molecule has 0 N–H and O–H groups in total. The molecule has 1 aliphatic rings. The third-order valence-electron chi connectivity index (χ3n) is 4.71. The van der Waals surface area contributed by atoms with Crippen LogP contribution in [-0.2, 0) is 9.53 Å². The van der Waals surface area contributed by atoms with Crippen molar-refractivity contribution < 1.29 is 9.53 Å². The first-order valence-corrected chi connectivity index (χ1v) is 7.84. The van der Waals surface area contributed by atoms with Gasteiger partial charge in [-0.05, 0) is 29.0 Å². The molecule has 3 rings (SSSR count). The summed E-state index contributed by atoms with van der Waals surface area (Å²) in [7, 11) is 1.40. The summed E-state index contributed by atoms with van der Waals surface area (Å²) >= 11 is 0. The third-order valence-corrected chi connectivity index (χ3v) is 4.71. The number of carbonyl (C=O) groups excluding carboxylic acids is 1. The van der Waals surface area contributed by atoms with Crippen molar-refractivity contribution in [2.75, 3.05) is 7.11 Å². The molecule has 3 atom stereocenters. The van der Waals surface area contributed by atoms with Crippen LogP contribution in [0.25, 0.3) is 0 Å². The number of nitrogens with zero attached hydrogens (tertiary/aromatic N) is 1. The van der Waals surface area contributed by atoms with Crippen LogP contribution >= 0.6 is 0 Å². The van der Waals surface area contributed by atoms with E-state index in [-0.39, 0.29) is 30.1 Å². The summed E-state index contributed by atoms with van der Waals surface area (Å²) in [6.07, 6.45) is 1.07. The van der Waals surface area contributed by atoms with Gasteiger partial charge in [0.15, 0.2) is 0 Å². The molecule has 0 aliphatic heterocycles. The number of methoxy groups -OCH3 is 1. The molecular formula is C20H19NO2. The van der Waals surface area contributed by atoms with Gasteiger partial charge in [-0.2, -0.15) is 5.26 Å². The number of hydrogen-bond acceptors (Lipinski definition) is 3. The van der Waals surface area contributed by atoms with Gasteiger partial charge < -0.3 is 4.74 Å². The Balaban J connectivity index is 2.04. The van der Waals surface area contributed by atoms with E-state index < -0.39 is 0 Å². The lowest BCUT2D eigenvalue weighted by atomic mass is 9.68. The van der Waals surface area contributed by atoms with E-state index in [9.17, 15) is 10.1 Å². The molecule has 1 aliphatic carbocycles. The Kier molecular flexibility index (Phi) is 4.43. The largest absolute Gasteiger partial charge is 0.469 e. The average Bonchev–Trinajstić information content (AvgIpc) is 2.61. The van der Waals surface area contributed by atoms with Gasteiger partial charge in [0, 0.05) is 12.3 Å². The second-order valence-corrected chi connectivity index (χ2v) is 5.97. The zero-order valence-electron chi connectivity index (χ0n) is 13.1. The Morgan fingerprint density at radius 3 is 2.43 bits per heavy atom. The molecule has 0 heterocycles. The first-order chi connectivity index (χ1) is 11.2. The van der Waals surface area contributed by atoms with Crippen LogP contribution in [0.1, 0.15) is 41.4 Å². The minimum absolute atomic E-state index is 0.0208. The smallest absolute Gasteiger partial charge is 0.305 e. The molecule has 0 saturated carbocycles. The standard InChI is InChI=1S/C20H19NO2/c1-23-20(22)12-15-11-18(14-7-3-2-4-8-14)16-9-5-6-10-17(16)19(15)13-21/h2-10,15,18-19H,11-12H2,1H3. The third kappa shape index (κ3) is 2.98. The monoisotopic (exact) mass is 305 g/mol. The second-order valence-electron chi connectivity index (χ2n) is 5.97. The Morgan fingerprint density at radius 2 is 1.78 bits per heavy atom. The van der Waals surface area contributed by atoms with Gasteiger partial charge in [0.25, 0.3) is 0 Å². The molecule has 0 saturated heterocycles. The lowest BCUT2D eigenvalue weighted by molar-refractivity contribution is -0.141. The fourth-order valence-electron chi connectivity index (χ4n) is 3.61. The summed E-state index contributed by atoms with van der Waals surface area (Å²) in [6.45, 7) is 0. The predicted octanol–water partition coefficient (Wildman–Crippen LogP) is 4.01. The number of rotatable bonds is 3. The van der Waals surface area contributed by atoms with Crippen molar-refractivity contribution in [2.45, 2.75) is 24.7 Å². The molecule has 3 nitrogen and oxygen atoms in total. The van der Waals surface area contributed by atoms with E-state index in [0.29, 0.717) is 0 Å². The number of nitriles is 1. The molecule has 2 aromatic rings. The number of benzene rings is 2. The van der Waals surface area contributed by atoms with Gasteiger partial charge in [0.05, 0.1) is 19.1 Å². The molecule has 116 valence electrons. The highest BCUT2D eigenvalue weighted by Gasteiger charge is 2.36. The van der Waals surface area contributed by atoms with Gasteiger partial charge in [0.1, 0.15) is 0 Å². The van der Waals surface area contributed by atoms with Crippen molar-refractivity contribution in [2.24, 2.45) is 5.92 Å². The van der Waals surface area contributed by atoms with Crippen LogP contribution in [0.15, 0.2) is 54.6 Å². The number of fused-ring (bicyclic) bond motifs is 1. The lowest BCUT2D eigenvalue weighted by Crippen LogP contribution is -2.26. The van der Waals surface area contributed by atoms with Gasteiger partial charge in [-0.15, -0.1) is 0 Å². The SMILES string of the molecule is COC(=O)CC1CC(c2ccccc2)c2ccccc2C1C#N. The fourth-order valence-corrected chi connectivity index (χ4v) is 3.61. The molecule has 0 fully saturated rings. The molecular weight excluding hydrogens is 286 g/mol. The molecule has 2 aromatic carbocycles. The van der Waals surface area contributed by atoms with Crippen LogP contribution in [0.4, 0.5) is 0 Å². The maximum Gasteiger partial charge on any atom is 0.305 e. The lowest BCUT2D eigenvalue weighted by Gasteiger charge is -2.35. The summed E-state index contributed by atoms with van der Waals surface area (Å²) < 4.78 is 4.83. The van der Waals surface area contributed by atoms with Gasteiger partial charge in [-0.3, -0.25) is 4.79 Å². The van der Waals surface area contributed by atoms with Crippen molar-refractivity contribution in [1.29, 1.82) is 5.26 Å². The predicted molar refractivity (Wildman–Crippen MR) is 87.8 cm³/mol. The molecule has 3 unspecified atom stereocenters. The minimum atomic E-state index is -0.259. The van der Waals surface area contributed by atoms with E-state index in [1.54, 1.807) is 0 Å². The minimum Gasteiger partial charge on any atom is -0.469 e. The van der Waals surface area contributed by atoms with Crippen molar-refractivity contribution >= 4 is 5.97 Å². The highest BCUT2D eigenvalue weighted by molar-refractivity contribution is 5.70. The zero-order chi connectivity index (χ0) is 16.2. The maximum absolute atomic E-state index is 11.8. The van der Waals surface area contributed by atoms with Crippen LogP contribution in [0.3, 0.4) is 0 Å². The zero-order valence-corrected chi connectivity index (χ0v) is 13.1. The number of esters is 1. The summed E-state index contributed by atoms with van der Waals surface area (Å²) in [4.78, 5) is 11.8. The molecule has 0 aromatic heterocycles. The number of hydrogen-bond donors (Lipinski definition) is 0. The fraction of sp³-hybridized carbons (Fsp3) is 0.300. The Labute approximate surface area is 136 Å². The topological polar surface area (TPSA) is 50.1 Å². The second kappa shape index (κ2) is 6.66. The van der Waals surface area contributed by atoms with Crippen molar-refractivity contribution in [3.63, 3.8) is 0 Å². The molecule has 0 radical (unpaired) electrons.